The summed E-state index contributed by atoms with van der Waals surface area (Å²) < 4.78 is 15.8. The van der Waals surface area contributed by atoms with Crippen LogP contribution in [0.5, 0.6) is 0 Å². The van der Waals surface area contributed by atoms with E-state index in [4.69, 9.17) is 0 Å². The summed E-state index contributed by atoms with van der Waals surface area (Å²) in [6.07, 6.45) is 4.61. The number of halogens is 1. The molecule has 10 heteroatoms. The van der Waals surface area contributed by atoms with Gasteiger partial charge in [0.25, 0.3) is 5.69 Å². The SMILES string of the molecule is Cn1nncc1-c1ccc([N+](=O)[O-])c(NCc2cccnc2-c2ncccc2F)c1. The van der Waals surface area contributed by atoms with E-state index in [2.05, 4.69) is 25.6 Å². The van der Waals surface area contributed by atoms with Gasteiger partial charge in [-0.05, 0) is 35.9 Å². The summed E-state index contributed by atoms with van der Waals surface area (Å²) in [6.45, 7) is 0.188. The molecule has 0 aliphatic carbocycles. The van der Waals surface area contributed by atoms with Crippen molar-refractivity contribution in [3.63, 3.8) is 0 Å². The van der Waals surface area contributed by atoms with Crippen molar-refractivity contribution < 1.29 is 9.31 Å². The standard InChI is InChI=1S/C20H16FN7O2/c1-27-18(12-25-26-27)13-6-7-17(28(29)30)16(10-13)24-11-14-4-2-8-22-19(14)20-15(21)5-3-9-23-20/h2-10,12,24H,11H2,1H3. The second-order valence-electron chi connectivity index (χ2n) is 6.43. The van der Waals surface area contributed by atoms with Gasteiger partial charge in [-0.25, -0.2) is 9.07 Å². The number of aryl methyl sites for hydroxylation is 1. The normalized spacial score (nSPS) is 10.7. The Morgan fingerprint density at radius 1 is 1.13 bits per heavy atom. The molecule has 0 unspecified atom stereocenters. The van der Waals surface area contributed by atoms with E-state index in [0.717, 1.165) is 5.56 Å². The van der Waals surface area contributed by atoms with Gasteiger partial charge in [0, 0.05) is 37.6 Å². The fourth-order valence-electron chi connectivity index (χ4n) is 3.09. The molecule has 0 aliphatic rings. The van der Waals surface area contributed by atoms with Gasteiger partial charge in [0.15, 0.2) is 5.82 Å². The Bertz CT molecular complexity index is 1230. The van der Waals surface area contributed by atoms with Crippen LogP contribution in [0.2, 0.25) is 0 Å². The van der Waals surface area contributed by atoms with Crippen molar-refractivity contribution in [1.82, 2.24) is 25.0 Å². The number of pyridine rings is 2. The number of benzene rings is 1. The summed E-state index contributed by atoms with van der Waals surface area (Å²) in [5, 5.41) is 22.3. The summed E-state index contributed by atoms with van der Waals surface area (Å²) >= 11 is 0. The molecule has 3 heterocycles. The number of nitrogens with one attached hydrogen (secondary N) is 1. The lowest BCUT2D eigenvalue weighted by atomic mass is 10.1. The first-order valence-corrected chi connectivity index (χ1v) is 8.96. The lowest BCUT2D eigenvalue weighted by molar-refractivity contribution is -0.384. The zero-order valence-electron chi connectivity index (χ0n) is 15.9. The fraction of sp³-hybridized carbons (Fsp3) is 0.100. The van der Waals surface area contributed by atoms with E-state index in [0.29, 0.717) is 22.6 Å². The summed E-state index contributed by atoms with van der Waals surface area (Å²) in [4.78, 5) is 19.4. The molecule has 150 valence electrons. The van der Waals surface area contributed by atoms with Crippen molar-refractivity contribution in [3.8, 4) is 22.6 Å². The first-order valence-electron chi connectivity index (χ1n) is 8.96. The zero-order valence-corrected chi connectivity index (χ0v) is 15.9. The lowest BCUT2D eigenvalue weighted by Gasteiger charge is -2.12. The topological polar surface area (TPSA) is 112 Å². The van der Waals surface area contributed by atoms with E-state index in [1.165, 1.54) is 24.4 Å². The number of hydrogen-bond acceptors (Lipinski definition) is 7. The van der Waals surface area contributed by atoms with E-state index in [-0.39, 0.29) is 17.9 Å². The number of rotatable bonds is 6. The molecule has 0 atom stereocenters. The van der Waals surface area contributed by atoms with Gasteiger partial charge in [-0.1, -0.05) is 11.3 Å². The maximum atomic E-state index is 14.2. The molecule has 0 amide bonds. The lowest BCUT2D eigenvalue weighted by Crippen LogP contribution is -2.06. The van der Waals surface area contributed by atoms with Gasteiger partial charge in [0.1, 0.15) is 11.4 Å². The van der Waals surface area contributed by atoms with Gasteiger partial charge in [0.05, 0.1) is 22.5 Å². The molecule has 1 N–H and O–H groups in total. The molecule has 0 saturated heterocycles. The average molecular weight is 405 g/mol. The van der Waals surface area contributed by atoms with Gasteiger partial charge in [0.2, 0.25) is 0 Å². The smallest absolute Gasteiger partial charge is 0.292 e. The maximum absolute atomic E-state index is 14.2. The number of nitro groups is 1. The van der Waals surface area contributed by atoms with Crippen LogP contribution in [-0.4, -0.2) is 29.9 Å². The molecule has 4 aromatic rings. The first kappa shape index (κ1) is 19.1. The molecule has 0 saturated carbocycles. The number of nitro benzene ring substituents is 1. The quantitative estimate of drug-likeness (QED) is 0.385. The van der Waals surface area contributed by atoms with Crippen LogP contribution in [0.3, 0.4) is 0 Å². The van der Waals surface area contributed by atoms with Gasteiger partial charge < -0.3 is 5.32 Å². The van der Waals surface area contributed by atoms with E-state index < -0.39 is 10.7 Å². The highest BCUT2D eigenvalue weighted by Gasteiger charge is 2.18. The highest BCUT2D eigenvalue weighted by atomic mass is 19.1. The fourth-order valence-corrected chi connectivity index (χ4v) is 3.09. The van der Waals surface area contributed by atoms with Crippen LogP contribution in [0.15, 0.2) is 61.1 Å². The van der Waals surface area contributed by atoms with Crippen molar-refractivity contribution in [2.75, 3.05) is 5.32 Å². The Morgan fingerprint density at radius 3 is 2.60 bits per heavy atom. The van der Waals surface area contributed by atoms with Crippen LogP contribution in [-0.2, 0) is 13.6 Å². The van der Waals surface area contributed by atoms with Crippen LogP contribution < -0.4 is 5.32 Å². The third kappa shape index (κ3) is 3.70. The average Bonchev–Trinajstić information content (AvgIpc) is 3.18. The molecule has 1 aromatic carbocycles. The Balaban J connectivity index is 1.68. The molecule has 0 radical (unpaired) electrons. The van der Waals surface area contributed by atoms with Crippen molar-refractivity contribution in [2.24, 2.45) is 7.05 Å². The molecule has 9 nitrogen and oxygen atoms in total. The van der Waals surface area contributed by atoms with E-state index in [1.807, 2.05) is 0 Å². The van der Waals surface area contributed by atoms with Gasteiger partial charge in [-0.3, -0.25) is 20.1 Å². The van der Waals surface area contributed by atoms with E-state index in [9.17, 15) is 14.5 Å². The molecule has 3 aromatic heterocycles. The van der Waals surface area contributed by atoms with Crippen LogP contribution in [0.1, 0.15) is 5.56 Å². The Labute approximate surface area is 170 Å². The molecule has 4 rings (SSSR count). The summed E-state index contributed by atoms with van der Waals surface area (Å²) in [7, 11) is 1.74. The number of anilines is 1. The molecular formula is C20H16FN7O2. The molecule has 0 bridgehead atoms. The molecular weight excluding hydrogens is 389 g/mol. The minimum atomic E-state index is -0.492. The third-order valence-corrected chi connectivity index (χ3v) is 4.55. The second-order valence-corrected chi connectivity index (χ2v) is 6.43. The van der Waals surface area contributed by atoms with Crippen LogP contribution in [0, 0.1) is 15.9 Å². The Kier molecular flexibility index (Phi) is 5.12. The minimum Gasteiger partial charge on any atom is -0.375 e. The number of hydrogen-bond donors (Lipinski definition) is 1. The predicted octanol–water partition coefficient (Wildman–Crippen LogP) is 3.60. The molecule has 0 fully saturated rings. The maximum Gasteiger partial charge on any atom is 0.292 e. The van der Waals surface area contributed by atoms with Gasteiger partial charge in [-0.15, -0.1) is 5.10 Å². The van der Waals surface area contributed by atoms with Gasteiger partial charge >= 0.3 is 0 Å². The summed E-state index contributed by atoms with van der Waals surface area (Å²) in [5.74, 6) is -0.492. The predicted molar refractivity (Wildman–Crippen MR) is 108 cm³/mol. The highest BCUT2D eigenvalue weighted by Crippen LogP contribution is 2.31. The summed E-state index contributed by atoms with van der Waals surface area (Å²) in [6, 6.07) is 11.0. The van der Waals surface area contributed by atoms with Crippen LogP contribution in [0.4, 0.5) is 15.8 Å². The van der Waals surface area contributed by atoms with Crippen LogP contribution in [0.25, 0.3) is 22.6 Å². The van der Waals surface area contributed by atoms with Crippen molar-refractivity contribution in [1.29, 1.82) is 0 Å². The molecule has 0 aliphatic heterocycles. The first-order chi connectivity index (χ1) is 14.5. The van der Waals surface area contributed by atoms with Crippen LogP contribution >= 0.6 is 0 Å². The van der Waals surface area contributed by atoms with Gasteiger partial charge in [-0.2, -0.15) is 0 Å². The number of aromatic nitrogens is 5. The molecule has 0 spiro atoms. The van der Waals surface area contributed by atoms with Crippen molar-refractivity contribution >= 4 is 11.4 Å². The second kappa shape index (κ2) is 8.03. The summed E-state index contributed by atoms with van der Waals surface area (Å²) in [5.41, 5.74) is 2.82. The number of nitrogens with zero attached hydrogens (tertiary/aromatic N) is 6. The van der Waals surface area contributed by atoms with E-state index >= 15 is 0 Å². The van der Waals surface area contributed by atoms with Crippen molar-refractivity contribution in [3.05, 3.63) is 82.6 Å². The van der Waals surface area contributed by atoms with Crippen molar-refractivity contribution in [2.45, 2.75) is 6.54 Å². The Morgan fingerprint density at radius 2 is 1.90 bits per heavy atom. The Hall–Kier alpha value is -4.21. The largest absolute Gasteiger partial charge is 0.375 e. The minimum absolute atomic E-state index is 0.0802. The highest BCUT2D eigenvalue weighted by molar-refractivity contribution is 5.72. The van der Waals surface area contributed by atoms with E-state index in [1.54, 1.807) is 48.4 Å². The third-order valence-electron chi connectivity index (χ3n) is 4.55. The monoisotopic (exact) mass is 405 g/mol. The zero-order chi connectivity index (χ0) is 21.1. The molecule has 30 heavy (non-hydrogen) atoms.